The number of halogens is 1. The number of nitrogens with one attached hydrogen (secondary N) is 2. The predicted molar refractivity (Wildman–Crippen MR) is 66.7 cm³/mol. The molecule has 2 N–H and O–H groups in total. The van der Waals surface area contributed by atoms with Gasteiger partial charge in [-0.15, -0.1) is 0 Å². The SMILES string of the molecule is Cc1cccc(-c2nc(=S)[nH][nH]2)c1I. The van der Waals surface area contributed by atoms with Gasteiger partial charge in [-0.3, -0.25) is 10.2 Å². The highest BCUT2D eigenvalue weighted by Crippen LogP contribution is 2.24. The molecule has 1 aromatic carbocycles. The molecule has 0 saturated carbocycles. The van der Waals surface area contributed by atoms with Crippen molar-refractivity contribution in [1.82, 2.24) is 15.2 Å². The van der Waals surface area contributed by atoms with Gasteiger partial charge in [-0.05, 0) is 47.3 Å². The van der Waals surface area contributed by atoms with Crippen LogP contribution < -0.4 is 0 Å². The van der Waals surface area contributed by atoms with Crippen LogP contribution in [0.2, 0.25) is 0 Å². The van der Waals surface area contributed by atoms with Crippen molar-refractivity contribution in [2.45, 2.75) is 6.92 Å². The molecule has 0 aliphatic carbocycles. The van der Waals surface area contributed by atoms with Crippen LogP contribution in [-0.2, 0) is 0 Å². The number of aryl methyl sites for hydroxylation is 1. The van der Waals surface area contributed by atoms with E-state index in [1.54, 1.807) is 0 Å². The maximum atomic E-state index is 4.91. The average molecular weight is 317 g/mol. The summed E-state index contributed by atoms with van der Waals surface area (Å²) in [6.07, 6.45) is 0. The third-order valence-electron chi connectivity index (χ3n) is 1.95. The number of H-pyrrole nitrogens is 2. The monoisotopic (exact) mass is 317 g/mol. The van der Waals surface area contributed by atoms with E-state index in [1.807, 2.05) is 12.1 Å². The van der Waals surface area contributed by atoms with Crippen molar-refractivity contribution < 1.29 is 0 Å². The van der Waals surface area contributed by atoms with Crippen molar-refractivity contribution in [3.05, 3.63) is 32.1 Å². The Labute approximate surface area is 100 Å². The Morgan fingerprint density at radius 1 is 1.36 bits per heavy atom. The largest absolute Gasteiger partial charge is 0.282 e. The number of hydrogen-bond donors (Lipinski definition) is 2. The van der Waals surface area contributed by atoms with Gasteiger partial charge < -0.3 is 0 Å². The van der Waals surface area contributed by atoms with Crippen LogP contribution in [0.3, 0.4) is 0 Å². The first-order valence-electron chi connectivity index (χ1n) is 4.08. The Hall–Kier alpha value is -0.690. The molecule has 0 radical (unpaired) electrons. The highest BCUT2D eigenvalue weighted by Gasteiger charge is 2.06. The summed E-state index contributed by atoms with van der Waals surface area (Å²) in [5.74, 6) is 0.795. The van der Waals surface area contributed by atoms with E-state index < -0.39 is 0 Å². The number of benzene rings is 1. The van der Waals surface area contributed by atoms with Crippen molar-refractivity contribution in [3.63, 3.8) is 0 Å². The summed E-state index contributed by atoms with van der Waals surface area (Å²) in [5.41, 5.74) is 2.32. The lowest BCUT2D eigenvalue weighted by molar-refractivity contribution is 1.08. The van der Waals surface area contributed by atoms with E-state index in [1.165, 1.54) is 9.13 Å². The van der Waals surface area contributed by atoms with E-state index in [-0.39, 0.29) is 0 Å². The Balaban J connectivity index is 2.62. The van der Waals surface area contributed by atoms with Crippen molar-refractivity contribution in [2.24, 2.45) is 0 Å². The van der Waals surface area contributed by atoms with Gasteiger partial charge in [-0.25, -0.2) is 0 Å². The van der Waals surface area contributed by atoms with Gasteiger partial charge in [0, 0.05) is 9.13 Å². The lowest BCUT2D eigenvalue weighted by atomic mass is 10.1. The molecule has 3 nitrogen and oxygen atoms in total. The lowest BCUT2D eigenvalue weighted by Gasteiger charge is -2.02. The molecule has 1 aromatic heterocycles. The van der Waals surface area contributed by atoms with Crippen molar-refractivity contribution in [2.75, 3.05) is 0 Å². The van der Waals surface area contributed by atoms with Crippen LogP contribution in [0.15, 0.2) is 18.2 Å². The van der Waals surface area contributed by atoms with Gasteiger partial charge in [-0.1, -0.05) is 18.2 Å². The van der Waals surface area contributed by atoms with Gasteiger partial charge in [0.15, 0.2) is 5.82 Å². The molecule has 0 bridgehead atoms. The Morgan fingerprint density at radius 3 is 2.79 bits per heavy atom. The number of aromatic amines is 2. The molecule has 14 heavy (non-hydrogen) atoms. The fourth-order valence-corrected chi connectivity index (χ4v) is 1.99. The van der Waals surface area contributed by atoms with E-state index in [9.17, 15) is 0 Å². The highest BCUT2D eigenvalue weighted by atomic mass is 127. The molecule has 0 spiro atoms. The molecule has 0 atom stereocenters. The minimum Gasteiger partial charge on any atom is -0.282 e. The number of hydrogen-bond acceptors (Lipinski definition) is 2. The number of nitrogens with zero attached hydrogens (tertiary/aromatic N) is 1. The molecular formula is C9H8IN3S. The van der Waals surface area contributed by atoms with Gasteiger partial charge >= 0.3 is 0 Å². The van der Waals surface area contributed by atoms with Crippen molar-refractivity contribution in [1.29, 1.82) is 0 Å². The minimum absolute atomic E-state index is 0.484. The second kappa shape index (κ2) is 3.82. The zero-order chi connectivity index (χ0) is 10.1. The normalized spacial score (nSPS) is 10.4. The summed E-state index contributed by atoms with van der Waals surface area (Å²) >= 11 is 7.22. The van der Waals surface area contributed by atoms with Crippen molar-refractivity contribution >= 4 is 34.8 Å². The Morgan fingerprint density at radius 2 is 2.14 bits per heavy atom. The van der Waals surface area contributed by atoms with E-state index in [0.29, 0.717) is 4.77 Å². The molecule has 2 aromatic rings. The van der Waals surface area contributed by atoms with E-state index in [0.717, 1.165) is 11.4 Å². The molecule has 0 saturated heterocycles. The zero-order valence-corrected chi connectivity index (χ0v) is 10.4. The van der Waals surface area contributed by atoms with Gasteiger partial charge in [0.25, 0.3) is 0 Å². The highest BCUT2D eigenvalue weighted by molar-refractivity contribution is 14.1. The van der Waals surface area contributed by atoms with Crippen LogP contribution in [0.4, 0.5) is 0 Å². The van der Waals surface area contributed by atoms with E-state index in [4.69, 9.17) is 12.2 Å². The second-order valence-electron chi connectivity index (χ2n) is 2.95. The van der Waals surface area contributed by atoms with Crippen LogP contribution >= 0.6 is 34.8 Å². The van der Waals surface area contributed by atoms with E-state index in [2.05, 4.69) is 50.8 Å². The smallest absolute Gasteiger partial charge is 0.213 e. The summed E-state index contributed by atoms with van der Waals surface area (Å²) in [6, 6.07) is 6.11. The predicted octanol–water partition coefficient (Wildman–Crippen LogP) is 3.05. The molecule has 0 amide bonds. The average Bonchev–Trinajstić information content (AvgIpc) is 2.57. The summed E-state index contributed by atoms with van der Waals surface area (Å²) < 4.78 is 1.68. The zero-order valence-electron chi connectivity index (χ0n) is 7.47. The van der Waals surface area contributed by atoms with Crippen LogP contribution in [0.1, 0.15) is 5.56 Å². The van der Waals surface area contributed by atoms with Crippen LogP contribution in [0.5, 0.6) is 0 Å². The quantitative estimate of drug-likeness (QED) is 0.627. The number of rotatable bonds is 1. The van der Waals surface area contributed by atoms with Crippen LogP contribution in [0.25, 0.3) is 11.4 Å². The third-order valence-corrected chi connectivity index (χ3v) is 3.57. The fourth-order valence-electron chi connectivity index (χ4n) is 1.23. The van der Waals surface area contributed by atoms with Crippen LogP contribution in [-0.4, -0.2) is 15.2 Å². The first-order valence-corrected chi connectivity index (χ1v) is 5.57. The molecular weight excluding hydrogens is 309 g/mol. The maximum Gasteiger partial charge on any atom is 0.213 e. The van der Waals surface area contributed by atoms with Gasteiger partial charge in [0.2, 0.25) is 4.77 Å². The lowest BCUT2D eigenvalue weighted by Crippen LogP contribution is -1.88. The van der Waals surface area contributed by atoms with Crippen molar-refractivity contribution in [3.8, 4) is 11.4 Å². The molecule has 2 rings (SSSR count). The van der Waals surface area contributed by atoms with Crippen LogP contribution in [0, 0.1) is 15.3 Å². The maximum absolute atomic E-state index is 4.91. The molecule has 72 valence electrons. The standard InChI is InChI=1S/C9H8IN3S/c1-5-3-2-4-6(7(5)10)8-11-9(14)13-12-8/h2-4H,1H3,(H2,11,12,13,14). The fraction of sp³-hybridized carbons (Fsp3) is 0.111. The molecule has 5 heteroatoms. The summed E-state index contributed by atoms with van der Waals surface area (Å²) in [4.78, 5) is 4.18. The molecule has 0 aliphatic rings. The van der Waals surface area contributed by atoms with Gasteiger partial charge in [-0.2, -0.15) is 4.98 Å². The summed E-state index contributed by atoms with van der Waals surface area (Å²) in [6.45, 7) is 2.08. The number of aromatic nitrogens is 3. The summed E-state index contributed by atoms with van der Waals surface area (Å²) in [5, 5.41) is 5.73. The Bertz CT molecular complexity index is 515. The molecule has 0 unspecified atom stereocenters. The molecule has 0 fully saturated rings. The first kappa shape index (κ1) is 9.85. The first-order chi connectivity index (χ1) is 6.68. The van der Waals surface area contributed by atoms with Gasteiger partial charge in [0.05, 0.1) is 0 Å². The molecule has 1 heterocycles. The molecule has 0 aliphatic heterocycles. The summed E-state index contributed by atoms with van der Waals surface area (Å²) in [7, 11) is 0. The van der Waals surface area contributed by atoms with Gasteiger partial charge in [0.1, 0.15) is 0 Å². The topological polar surface area (TPSA) is 44.5 Å². The third kappa shape index (κ3) is 1.74. The minimum atomic E-state index is 0.484. The van der Waals surface area contributed by atoms with E-state index >= 15 is 0 Å². The second-order valence-corrected chi connectivity index (χ2v) is 4.42. The Kier molecular flexibility index (Phi) is 2.69.